The highest BCUT2D eigenvalue weighted by molar-refractivity contribution is 5.96. The molecule has 1 N–H and O–H groups in total. The van der Waals surface area contributed by atoms with Crippen LogP contribution in [0.2, 0.25) is 0 Å². The first-order valence-electron chi connectivity index (χ1n) is 9.58. The minimum atomic E-state index is -0.359. The molecular weight excluding hydrogens is 377 g/mol. The topological polar surface area (TPSA) is 89.6 Å². The van der Waals surface area contributed by atoms with E-state index in [4.69, 9.17) is 0 Å². The van der Waals surface area contributed by atoms with Gasteiger partial charge in [0.2, 0.25) is 17.8 Å². The van der Waals surface area contributed by atoms with E-state index in [0.29, 0.717) is 50.1 Å². The summed E-state index contributed by atoms with van der Waals surface area (Å²) in [7, 11) is 0. The quantitative estimate of drug-likeness (QED) is 0.835. The van der Waals surface area contributed by atoms with E-state index in [9.17, 15) is 18.8 Å². The van der Waals surface area contributed by atoms with E-state index in [0.717, 1.165) is 0 Å². The largest absolute Gasteiger partial charge is 0.339 e. The van der Waals surface area contributed by atoms with Gasteiger partial charge in [-0.3, -0.25) is 19.4 Å². The first-order chi connectivity index (χ1) is 13.9. The zero-order chi connectivity index (χ0) is 20.5. The van der Waals surface area contributed by atoms with Crippen molar-refractivity contribution in [1.82, 2.24) is 14.9 Å². The van der Waals surface area contributed by atoms with Crippen LogP contribution in [0.15, 0.2) is 35.1 Å². The van der Waals surface area contributed by atoms with Gasteiger partial charge in [-0.15, -0.1) is 0 Å². The fourth-order valence-corrected chi connectivity index (χ4v) is 3.83. The summed E-state index contributed by atoms with van der Waals surface area (Å²) in [5.74, 6) is -0.163. The van der Waals surface area contributed by atoms with Crippen LogP contribution in [-0.4, -0.2) is 59.4 Å². The Balaban J connectivity index is 1.52. The number of halogens is 1. The highest BCUT2D eigenvalue weighted by atomic mass is 19.1. The number of piperazine rings is 1. The van der Waals surface area contributed by atoms with Crippen LogP contribution in [0.4, 0.5) is 16.0 Å². The molecule has 0 unspecified atom stereocenters. The molecule has 4 rings (SSSR count). The van der Waals surface area contributed by atoms with Crippen molar-refractivity contribution in [3.63, 3.8) is 0 Å². The van der Waals surface area contributed by atoms with Crippen LogP contribution >= 0.6 is 0 Å². The molecule has 0 spiro atoms. The molecule has 2 aliphatic heterocycles. The summed E-state index contributed by atoms with van der Waals surface area (Å²) < 4.78 is 13.2. The lowest BCUT2D eigenvalue weighted by Gasteiger charge is -2.34. The summed E-state index contributed by atoms with van der Waals surface area (Å²) in [6.07, 6.45) is 0.241. The maximum Gasteiger partial charge on any atom is 0.252 e. The lowest BCUT2D eigenvalue weighted by molar-refractivity contribution is -0.129. The van der Waals surface area contributed by atoms with Crippen molar-refractivity contribution < 1.29 is 14.0 Å². The highest BCUT2D eigenvalue weighted by Gasteiger charge is 2.33. The Morgan fingerprint density at radius 2 is 1.83 bits per heavy atom. The van der Waals surface area contributed by atoms with E-state index in [1.54, 1.807) is 28.9 Å². The number of aromatic nitrogens is 2. The normalized spacial score (nSPS) is 19.7. The number of carbonyl (C=O) groups excluding carboxylic acids is 2. The average Bonchev–Trinajstić information content (AvgIpc) is 3.10. The van der Waals surface area contributed by atoms with Crippen LogP contribution < -0.4 is 15.4 Å². The molecule has 8 nitrogen and oxygen atoms in total. The van der Waals surface area contributed by atoms with Crippen molar-refractivity contribution in [2.75, 3.05) is 42.5 Å². The highest BCUT2D eigenvalue weighted by Crippen LogP contribution is 2.31. The summed E-state index contributed by atoms with van der Waals surface area (Å²) in [6, 6.07) is 7.21. The molecule has 0 bridgehead atoms. The van der Waals surface area contributed by atoms with Crippen LogP contribution in [0.25, 0.3) is 0 Å². The van der Waals surface area contributed by atoms with Crippen molar-refractivity contribution in [2.45, 2.75) is 19.3 Å². The van der Waals surface area contributed by atoms with Gasteiger partial charge in [0.1, 0.15) is 5.82 Å². The number of amides is 2. The minimum Gasteiger partial charge on any atom is -0.339 e. The number of H-pyrrole nitrogens is 1. The van der Waals surface area contributed by atoms with Gasteiger partial charge in [0, 0.05) is 63.7 Å². The molecule has 1 atom stereocenters. The Hall–Kier alpha value is -3.23. The van der Waals surface area contributed by atoms with E-state index in [1.807, 2.05) is 4.90 Å². The fourth-order valence-electron chi connectivity index (χ4n) is 3.83. The number of anilines is 2. The molecule has 0 aliphatic carbocycles. The monoisotopic (exact) mass is 399 g/mol. The maximum absolute atomic E-state index is 13.2. The molecule has 9 heteroatoms. The molecule has 1 aromatic heterocycles. The number of aromatic amines is 1. The van der Waals surface area contributed by atoms with Gasteiger partial charge in [-0.2, -0.15) is 0 Å². The van der Waals surface area contributed by atoms with E-state index in [2.05, 4.69) is 9.97 Å². The zero-order valence-electron chi connectivity index (χ0n) is 16.1. The average molecular weight is 399 g/mol. The Labute approximate surface area is 166 Å². The van der Waals surface area contributed by atoms with Gasteiger partial charge in [-0.05, 0) is 24.3 Å². The van der Waals surface area contributed by atoms with Crippen LogP contribution in [0.3, 0.4) is 0 Å². The summed E-state index contributed by atoms with van der Waals surface area (Å²) in [6.45, 7) is 4.24. The van der Waals surface area contributed by atoms with Gasteiger partial charge in [0.05, 0.1) is 5.69 Å². The predicted octanol–water partition coefficient (Wildman–Crippen LogP) is 1.10. The van der Waals surface area contributed by atoms with Crippen molar-refractivity contribution >= 4 is 23.5 Å². The minimum absolute atomic E-state index is 0.0326. The van der Waals surface area contributed by atoms with Crippen LogP contribution in [-0.2, 0) is 9.59 Å². The Morgan fingerprint density at radius 3 is 2.48 bits per heavy atom. The number of hydrogen-bond donors (Lipinski definition) is 1. The summed E-state index contributed by atoms with van der Waals surface area (Å²) in [5.41, 5.74) is 0.923. The first kappa shape index (κ1) is 19.1. The molecule has 29 heavy (non-hydrogen) atoms. The number of rotatable bonds is 3. The van der Waals surface area contributed by atoms with Gasteiger partial charge < -0.3 is 14.7 Å². The molecule has 2 aliphatic rings. The third-order valence-corrected chi connectivity index (χ3v) is 5.46. The Kier molecular flexibility index (Phi) is 5.04. The van der Waals surface area contributed by atoms with E-state index in [-0.39, 0.29) is 35.5 Å². The molecule has 2 aromatic rings. The van der Waals surface area contributed by atoms with Crippen LogP contribution in [0.5, 0.6) is 0 Å². The van der Waals surface area contributed by atoms with Crippen molar-refractivity contribution in [1.29, 1.82) is 0 Å². The summed E-state index contributed by atoms with van der Waals surface area (Å²) in [4.78, 5) is 48.9. The first-order valence-corrected chi connectivity index (χ1v) is 9.58. The second-order valence-corrected chi connectivity index (χ2v) is 7.37. The number of hydrogen-bond acceptors (Lipinski definition) is 5. The number of benzene rings is 1. The molecular formula is C20H22FN5O3. The maximum atomic E-state index is 13.2. The van der Waals surface area contributed by atoms with Gasteiger partial charge >= 0.3 is 0 Å². The summed E-state index contributed by atoms with van der Waals surface area (Å²) >= 11 is 0. The van der Waals surface area contributed by atoms with Gasteiger partial charge in [-0.1, -0.05) is 0 Å². The molecule has 3 heterocycles. The predicted molar refractivity (Wildman–Crippen MR) is 105 cm³/mol. The molecule has 0 radical (unpaired) electrons. The number of nitrogens with one attached hydrogen (secondary N) is 1. The van der Waals surface area contributed by atoms with Crippen LogP contribution in [0, 0.1) is 5.82 Å². The second-order valence-electron chi connectivity index (χ2n) is 7.37. The number of carbonyl (C=O) groups is 2. The van der Waals surface area contributed by atoms with E-state index >= 15 is 0 Å². The zero-order valence-corrected chi connectivity index (χ0v) is 16.1. The Bertz CT molecular complexity index is 982. The van der Waals surface area contributed by atoms with Gasteiger partial charge in [0.15, 0.2) is 0 Å². The fraction of sp³-hybridized carbons (Fsp3) is 0.400. The Morgan fingerprint density at radius 1 is 1.14 bits per heavy atom. The van der Waals surface area contributed by atoms with E-state index < -0.39 is 0 Å². The van der Waals surface area contributed by atoms with Gasteiger partial charge in [-0.25, -0.2) is 9.37 Å². The molecule has 152 valence electrons. The third kappa shape index (κ3) is 3.98. The molecule has 1 aromatic carbocycles. The van der Waals surface area contributed by atoms with Crippen molar-refractivity contribution in [3.8, 4) is 0 Å². The third-order valence-electron chi connectivity index (χ3n) is 5.46. The lowest BCUT2D eigenvalue weighted by atomic mass is 10.0. The molecule has 2 saturated heterocycles. The smallest absolute Gasteiger partial charge is 0.252 e. The molecule has 0 saturated carbocycles. The van der Waals surface area contributed by atoms with E-state index in [1.165, 1.54) is 18.2 Å². The standard InChI is InChI=1S/C20H22FN5O3/c1-13(27)24-6-8-25(9-7-24)20-22-17(11-18(28)23-20)14-10-19(29)26(12-14)16-4-2-15(21)3-5-16/h2-5,11,14H,6-10,12H2,1H3,(H,22,23,28)/t14-/m0/s1. The van der Waals surface area contributed by atoms with Crippen molar-refractivity contribution in [2.24, 2.45) is 0 Å². The van der Waals surface area contributed by atoms with Crippen molar-refractivity contribution in [3.05, 3.63) is 52.2 Å². The lowest BCUT2D eigenvalue weighted by Crippen LogP contribution is -2.49. The SMILES string of the molecule is CC(=O)N1CCN(c2nc([C@H]3CC(=O)N(c4ccc(F)cc4)C3)cc(=O)[nH]2)CC1. The van der Waals surface area contributed by atoms with Gasteiger partial charge in [0.25, 0.3) is 5.56 Å². The molecule has 2 fully saturated rings. The number of nitrogens with zero attached hydrogens (tertiary/aromatic N) is 4. The molecule has 2 amide bonds. The summed E-state index contributed by atoms with van der Waals surface area (Å²) in [5, 5.41) is 0. The van der Waals surface area contributed by atoms with Crippen LogP contribution in [0.1, 0.15) is 25.0 Å². The second kappa shape index (κ2) is 7.65.